The van der Waals surface area contributed by atoms with Crippen LogP contribution in [0.4, 0.5) is 10.1 Å². The molecule has 0 unspecified atom stereocenters. The molecule has 0 aromatic heterocycles. The lowest BCUT2D eigenvalue weighted by Crippen LogP contribution is -2.13. The fourth-order valence-corrected chi connectivity index (χ4v) is 2.20. The van der Waals surface area contributed by atoms with Gasteiger partial charge in [0.1, 0.15) is 11.6 Å². The Morgan fingerprint density at radius 2 is 2.10 bits per heavy atom. The molecule has 0 radical (unpaired) electrons. The van der Waals surface area contributed by atoms with Gasteiger partial charge in [-0.05, 0) is 53.2 Å². The Kier molecular flexibility index (Phi) is 5.20. The van der Waals surface area contributed by atoms with Gasteiger partial charge in [0, 0.05) is 16.1 Å². The van der Waals surface area contributed by atoms with Crippen LogP contribution in [-0.4, -0.2) is 12.5 Å². The summed E-state index contributed by atoms with van der Waals surface area (Å²) in [4.78, 5) is 12.2. The minimum Gasteiger partial charge on any atom is -0.492 e. The van der Waals surface area contributed by atoms with Crippen molar-refractivity contribution in [1.29, 1.82) is 0 Å². The van der Waals surface area contributed by atoms with Crippen molar-refractivity contribution in [2.24, 2.45) is 0 Å². The topological polar surface area (TPSA) is 38.3 Å². The summed E-state index contributed by atoms with van der Waals surface area (Å²) in [6.45, 7) is 2.16. The highest BCUT2D eigenvalue weighted by Crippen LogP contribution is 2.27. The van der Waals surface area contributed by atoms with Gasteiger partial charge in [0.05, 0.1) is 17.3 Å². The highest BCUT2D eigenvalue weighted by molar-refractivity contribution is 9.10. The molecule has 110 valence electrons. The number of carbonyl (C=O) groups excluding carboxylic acids is 1. The van der Waals surface area contributed by atoms with Gasteiger partial charge < -0.3 is 10.1 Å². The van der Waals surface area contributed by atoms with Crippen LogP contribution in [0.25, 0.3) is 0 Å². The number of ether oxygens (including phenoxy) is 1. The normalized spacial score (nSPS) is 10.3. The molecule has 0 bridgehead atoms. The predicted octanol–water partition coefficient (Wildman–Crippen LogP) is 4.89. The average molecular weight is 373 g/mol. The number of rotatable bonds is 4. The molecular weight excluding hydrogens is 361 g/mol. The molecule has 2 rings (SSSR count). The molecular formula is C15H12BrClFNO2. The number of hydrogen-bond donors (Lipinski definition) is 1. The van der Waals surface area contributed by atoms with E-state index in [-0.39, 0.29) is 5.91 Å². The molecule has 0 atom stereocenters. The number of halogens is 3. The summed E-state index contributed by atoms with van der Waals surface area (Å²) in [6.07, 6.45) is 0. The second kappa shape index (κ2) is 6.91. The lowest BCUT2D eigenvalue weighted by molar-refractivity contribution is 0.102. The third-order valence-corrected chi connectivity index (χ3v) is 3.89. The summed E-state index contributed by atoms with van der Waals surface area (Å²) >= 11 is 9.15. The summed E-state index contributed by atoms with van der Waals surface area (Å²) < 4.78 is 19.2. The number of benzene rings is 2. The van der Waals surface area contributed by atoms with E-state index < -0.39 is 5.82 Å². The Hall–Kier alpha value is -1.59. The fraction of sp³-hybridized carbons (Fsp3) is 0.133. The molecule has 1 N–H and O–H groups in total. The number of anilines is 1. The first-order valence-corrected chi connectivity index (χ1v) is 7.37. The SMILES string of the molecule is CCOc1cc(F)ccc1NC(=O)c1ccc(Cl)c(Br)c1. The summed E-state index contributed by atoms with van der Waals surface area (Å²) in [6, 6.07) is 8.79. The van der Waals surface area contributed by atoms with Crippen molar-refractivity contribution in [2.45, 2.75) is 6.92 Å². The minimum absolute atomic E-state index is 0.291. The van der Waals surface area contributed by atoms with Crippen molar-refractivity contribution >= 4 is 39.1 Å². The lowest BCUT2D eigenvalue weighted by atomic mass is 10.2. The van der Waals surface area contributed by atoms with Crippen LogP contribution in [0.2, 0.25) is 5.02 Å². The average Bonchev–Trinajstić information content (AvgIpc) is 2.45. The molecule has 2 aromatic carbocycles. The molecule has 3 nitrogen and oxygen atoms in total. The Morgan fingerprint density at radius 3 is 2.76 bits per heavy atom. The Morgan fingerprint density at radius 1 is 1.33 bits per heavy atom. The molecule has 0 saturated heterocycles. The quantitative estimate of drug-likeness (QED) is 0.829. The molecule has 21 heavy (non-hydrogen) atoms. The van der Waals surface area contributed by atoms with Crippen molar-refractivity contribution in [1.82, 2.24) is 0 Å². The highest BCUT2D eigenvalue weighted by atomic mass is 79.9. The number of carbonyl (C=O) groups is 1. The van der Waals surface area contributed by atoms with Crippen molar-refractivity contribution in [3.05, 3.63) is 57.3 Å². The zero-order chi connectivity index (χ0) is 15.4. The largest absolute Gasteiger partial charge is 0.492 e. The third kappa shape index (κ3) is 3.95. The summed E-state index contributed by atoms with van der Waals surface area (Å²) in [7, 11) is 0. The van der Waals surface area contributed by atoms with Crippen LogP contribution in [0.5, 0.6) is 5.75 Å². The van der Waals surface area contributed by atoms with Gasteiger partial charge in [0.2, 0.25) is 0 Å². The van der Waals surface area contributed by atoms with Crippen LogP contribution in [0, 0.1) is 5.82 Å². The number of amides is 1. The molecule has 0 fully saturated rings. The van der Waals surface area contributed by atoms with E-state index in [0.717, 1.165) is 0 Å². The van der Waals surface area contributed by atoms with Gasteiger partial charge in [-0.2, -0.15) is 0 Å². The van der Waals surface area contributed by atoms with Gasteiger partial charge in [-0.1, -0.05) is 11.6 Å². The van der Waals surface area contributed by atoms with E-state index in [4.69, 9.17) is 16.3 Å². The Bertz CT molecular complexity index is 679. The first kappa shape index (κ1) is 15.8. The van der Waals surface area contributed by atoms with Gasteiger partial charge >= 0.3 is 0 Å². The van der Waals surface area contributed by atoms with Crippen LogP contribution in [-0.2, 0) is 0 Å². The molecule has 0 aliphatic carbocycles. The number of nitrogens with one attached hydrogen (secondary N) is 1. The molecule has 0 aliphatic heterocycles. The number of hydrogen-bond acceptors (Lipinski definition) is 2. The van der Waals surface area contributed by atoms with Gasteiger partial charge in [0.15, 0.2) is 0 Å². The predicted molar refractivity (Wildman–Crippen MR) is 84.7 cm³/mol. The Labute approximate surface area is 135 Å². The van der Waals surface area contributed by atoms with Crippen LogP contribution >= 0.6 is 27.5 Å². The van der Waals surface area contributed by atoms with Crippen molar-refractivity contribution in [3.8, 4) is 5.75 Å². The molecule has 0 spiro atoms. The molecule has 0 saturated carbocycles. The van der Waals surface area contributed by atoms with E-state index in [0.29, 0.717) is 33.1 Å². The standard InChI is InChI=1S/C15H12BrClFNO2/c1-2-21-14-8-10(18)4-6-13(14)19-15(20)9-3-5-12(17)11(16)7-9/h3-8H,2H2,1H3,(H,19,20). The first-order valence-electron chi connectivity index (χ1n) is 6.20. The summed E-state index contributed by atoms with van der Waals surface area (Å²) in [5.74, 6) is -0.468. The fourth-order valence-electron chi connectivity index (χ4n) is 1.71. The van der Waals surface area contributed by atoms with E-state index >= 15 is 0 Å². The maximum Gasteiger partial charge on any atom is 0.255 e. The monoisotopic (exact) mass is 371 g/mol. The van der Waals surface area contributed by atoms with Crippen molar-refractivity contribution < 1.29 is 13.9 Å². The molecule has 0 aliphatic rings. The van der Waals surface area contributed by atoms with E-state index in [1.54, 1.807) is 25.1 Å². The molecule has 2 aromatic rings. The molecule has 1 amide bonds. The van der Waals surface area contributed by atoms with Gasteiger partial charge in [0.25, 0.3) is 5.91 Å². The Balaban J connectivity index is 2.24. The molecule has 6 heteroatoms. The van der Waals surface area contributed by atoms with E-state index in [1.807, 2.05) is 0 Å². The van der Waals surface area contributed by atoms with Gasteiger partial charge in [-0.15, -0.1) is 0 Å². The highest BCUT2D eigenvalue weighted by Gasteiger charge is 2.12. The van der Waals surface area contributed by atoms with Crippen molar-refractivity contribution in [3.63, 3.8) is 0 Å². The first-order chi connectivity index (χ1) is 10.0. The zero-order valence-electron chi connectivity index (χ0n) is 11.1. The van der Waals surface area contributed by atoms with E-state index in [1.165, 1.54) is 18.2 Å². The van der Waals surface area contributed by atoms with Crippen LogP contribution in [0.15, 0.2) is 40.9 Å². The second-order valence-electron chi connectivity index (χ2n) is 4.16. The summed E-state index contributed by atoms with van der Waals surface area (Å²) in [5.41, 5.74) is 0.840. The summed E-state index contributed by atoms with van der Waals surface area (Å²) in [5, 5.41) is 3.21. The van der Waals surface area contributed by atoms with E-state index in [9.17, 15) is 9.18 Å². The van der Waals surface area contributed by atoms with E-state index in [2.05, 4.69) is 21.2 Å². The van der Waals surface area contributed by atoms with Crippen LogP contribution in [0.1, 0.15) is 17.3 Å². The maximum atomic E-state index is 13.2. The minimum atomic E-state index is -0.425. The maximum absolute atomic E-state index is 13.2. The lowest BCUT2D eigenvalue weighted by Gasteiger charge is -2.12. The second-order valence-corrected chi connectivity index (χ2v) is 5.42. The zero-order valence-corrected chi connectivity index (χ0v) is 13.5. The van der Waals surface area contributed by atoms with Crippen LogP contribution < -0.4 is 10.1 Å². The van der Waals surface area contributed by atoms with Crippen molar-refractivity contribution in [2.75, 3.05) is 11.9 Å². The van der Waals surface area contributed by atoms with Crippen LogP contribution in [0.3, 0.4) is 0 Å². The third-order valence-electron chi connectivity index (χ3n) is 2.67. The molecule has 0 heterocycles. The van der Waals surface area contributed by atoms with Gasteiger partial charge in [-0.25, -0.2) is 4.39 Å². The van der Waals surface area contributed by atoms with Gasteiger partial charge in [-0.3, -0.25) is 4.79 Å². The smallest absolute Gasteiger partial charge is 0.255 e.